The fourth-order valence-corrected chi connectivity index (χ4v) is 3.29. The maximum atomic E-state index is 11.1. The molecule has 5 nitrogen and oxygen atoms in total. The summed E-state index contributed by atoms with van der Waals surface area (Å²) in [5, 5.41) is 0. The van der Waals surface area contributed by atoms with E-state index in [2.05, 4.69) is 0 Å². The first-order valence-corrected chi connectivity index (χ1v) is 8.03. The van der Waals surface area contributed by atoms with Crippen LogP contribution in [0.3, 0.4) is 0 Å². The van der Waals surface area contributed by atoms with E-state index in [9.17, 15) is 14.0 Å². The summed E-state index contributed by atoms with van der Waals surface area (Å²) in [6.45, 7) is 1.45. The van der Waals surface area contributed by atoms with Crippen LogP contribution in [-0.2, 0) is 21.2 Å². The fourth-order valence-electron chi connectivity index (χ4n) is 2.81. The van der Waals surface area contributed by atoms with Gasteiger partial charge in [-0.2, -0.15) is 14.0 Å². The monoisotopic (exact) mass is 322 g/mol. The van der Waals surface area contributed by atoms with Gasteiger partial charge in [-0.05, 0) is 11.1 Å². The maximum absolute atomic E-state index is 11.1. The van der Waals surface area contributed by atoms with Crippen molar-refractivity contribution in [3.8, 4) is 0 Å². The van der Waals surface area contributed by atoms with Crippen LogP contribution in [0.15, 0.2) is 54.6 Å². The first kappa shape index (κ1) is 15.4. The van der Waals surface area contributed by atoms with Crippen molar-refractivity contribution in [3.63, 3.8) is 0 Å². The Bertz CT molecular complexity index is 655. The number of benzene rings is 2. The van der Waals surface area contributed by atoms with E-state index in [1.54, 1.807) is 12.1 Å². The number of halogens is 1. The van der Waals surface area contributed by atoms with Crippen LogP contribution in [0.4, 0.5) is 0 Å². The predicted octanol–water partition coefficient (Wildman–Crippen LogP) is 0.0872. The Kier molecular flexibility index (Phi) is 3.94. The van der Waals surface area contributed by atoms with E-state index in [1.165, 1.54) is 6.92 Å². The van der Waals surface area contributed by atoms with E-state index in [-0.39, 0.29) is 0 Å². The van der Waals surface area contributed by atoms with Gasteiger partial charge in [0.05, 0.1) is 16.3 Å². The van der Waals surface area contributed by atoms with Crippen molar-refractivity contribution in [2.45, 2.75) is 25.2 Å². The van der Waals surface area contributed by atoms with Crippen molar-refractivity contribution >= 4 is 0 Å². The largest absolute Gasteiger partial charge is 0.348 e. The highest BCUT2D eigenvalue weighted by Gasteiger charge is 2.50. The minimum absolute atomic E-state index is 0.391. The van der Waals surface area contributed by atoms with Crippen LogP contribution in [0, 0.1) is 10.2 Å². The predicted molar refractivity (Wildman–Crippen MR) is 68.9 cm³/mol. The van der Waals surface area contributed by atoms with Gasteiger partial charge >= 0.3 is 5.79 Å². The van der Waals surface area contributed by atoms with Gasteiger partial charge in [-0.1, -0.05) is 54.6 Å². The maximum Gasteiger partial charge on any atom is 0.348 e. The summed E-state index contributed by atoms with van der Waals surface area (Å²) in [4.78, 5) is 0. The Morgan fingerprint density at radius 3 is 2.36 bits per heavy atom. The minimum Gasteiger partial charge on any atom is -0.325 e. The second-order valence-corrected chi connectivity index (χ2v) is 6.19. The molecule has 0 amide bonds. The Hall–Kier alpha value is -1.47. The average Bonchev–Trinajstić information content (AvgIpc) is 2.46. The summed E-state index contributed by atoms with van der Waals surface area (Å²) in [6.07, 6.45) is 0.188. The molecular weight excluding hydrogens is 308 g/mol. The summed E-state index contributed by atoms with van der Waals surface area (Å²) in [5.41, 5.74) is 2.34. The lowest BCUT2D eigenvalue weighted by Crippen LogP contribution is -2.64. The third kappa shape index (κ3) is 3.15. The molecule has 2 aromatic rings. The Morgan fingerprint density at radius 2 is 1.68 bits per heavy atom. The van der Waals surface area contributed by atoms with E-state index >= 15 is 0 Å². The molecule has 0 aromatic heterocycles. The molecule has 0 fully saturated rings. The second-order valence-electron chi connectivity index (χ2n) is 5.28. The zero-order chi connectivity index (χ0) is 15.8. The molecule has 1 aliphatic rings. The first-order chi connectivity index (χ1) is 10.4. The van der Waals surface area contributed by atoms with Crippen LogP contribution in [0.1, 0.15) is 29.7 Å². The molecule has 0 saturated heterocycles. The van der Waals surface area contributed by atoms with Crippen LogP contribution >= 0.6 is 0 Å². The van der Waals surface area contributed by atoms with E-state index in [0.717, 1.165) is 11.1 Å². The number of ether oxygens (including phenoxy) is 1. The molecule has 0 saturated carbocycles. The van der Waals surface area contributed by atoms with Gasteiger partial charge in [0, 0.05) is 18.9 Å². The van der Waals surface area contributed by atoms with Gasteiger partial charge in [0.2, 0.25) is 0 Å². The van der Waals surface area contributed by atoms with Gasteiger partial charge < -0.3 is 4.74 Å². The summed E-state index contributed by atoms with van der Waals surface area (Å²) in [6, 6.07) is 16.6. The Labute approximate surface area is 130 Å². The Balaban J connectivity index is 2.02. The van der Waals surface area contributed by atoms with Gasteiger partial charge in [-0.15, -0.1) is 0 Å². The molecule has 0 spiro atoms. The van der Waals surface area contributed by atoms with E-state index in [1.807, 2.05) is 42.5 Å². The van der Waals surface area contributed by atoms with Crippen molar-refractivity contribution in [1.82, 2.24) is 0 Å². The van der Waals surface area contributed by atoms with Crippen molar-refractivity contribution in [3.05, 3.63) is 71.3 Å². The smallest absolute Gasteiger partial charge is 0.325 e. The standard InChI is InChI=1S/C16H15ClO5/c1-16(22-17(18,19)20)14-10-6-5-9-13(14)11-15(21-16)12-7-3-2-4-8-12/h2-10,15H,11H2,1H3. The highest BCUT2D eigenvalue weighted by molar-refractivity contribution is 5.35. The molecule has 0 bridgehead atoms. The van der Waals surface area contributed by atoms with Crippen LogP contribution in [0.25, 0.3) is 0 Å². The second kappa shape index (κ2) is 5.62. The van der Waals surface area contributed by atoms with Gasteiger partial charge in [-0.3, -0.25) is 0 Å². The zero-order valence-corrected chi connectivity index (χ0v) is 12.7. The zero-order valence-electron chi connectivity index (χ0n) is 11.9. The molecule has 2 atom stereocenters. The van der Waals surface area contributed by atoms with E-state index in [0.29, 0.717) is 12.0 Å². The van der Waals surface area contributed by atoms with Crippen LogP contribution in [0.2, 0.25) is 0 Å². The molecule has 1 heterocycles. The number of hydrogen-bond donors (Lipinski definition) is 0. The molecule has 22 heavy (non-hydrogen) atoms. The van der Waals surface area contributed by atoms with Crippen molar-refractivity contribution in [2.75, 3.05) is 0 Å². The number of rotatable bonds is 3. The third-order valence-electron chi connectivity index (χ3n) is 3.69. The molecular formula is C16H15ClO5. The van der Waals surface area contributed by atoms with E-state index < -0.39 is 22.1 Å². The normalized spacial score (nSPS) is 24.8. The van der Waals surface area contributed by atoms with Gasteiger partial charge in [0.15, 0.2) is 0 Å². The molecule has 0 aliphatic carbocycles. The fraction of sp³-hybridized carbons (Fsp3) is 0.250. The topological polar surface area (TPSA) is 87.6 Å². The lowest BCUT2D eigenvalue weighted by atomic mass is 9.90. The molecule has 2 aromatic carbocycles. The van der Waals surface area contributed by atoms with Crippen molar-refractivity contribution in [1.29, 1.82) is 0 Å². The SMILES string of the molecule is CC1(O[Cl+3]([O-])([O-])[O-])OC(c2ccccc2)Cc2ccccc21. The lowest BCUT2D eigenvalue weighted by molar-refractivity contribution is -1.92. The van der Waals surface area contributed by atoms with Gasteiger partial charge in [-0.25, -0.2) is 0 Å². The molecule has 2 unspecified atom stereocenters. The molecule has 0 radical (unpaired) electrons. The van der Waals surface area contributed by atoms with Gasteiger partial charge in [0.25, 0.3) is 0 Å². The summed E-state index contributed by atoms with van der Waals surface area (Å²) in [7, 11) is -4.61. The van der Waals surface area contributed by atoms with Crippen LogP contribution in [0.5, 0.6) is 0 Å². The molecule has 6 heteroatoms. The minimum atomic E-state index is -4.61. The van der Waals surface area contributed by atoms with Gasteiger partial charge in [0.1, 0.15) is 4.29 Å². The summed E-state index contributed by atoms with van der Waals surface area (Å²) < 4.78 is 43.8. The molecule has 0 N–H and O–H groups in total. The first-order valence-electron chi connectivity index (χ1n) is 6.80. The van der Waals surface area contributed by atoms with E-state index in [4.69, 9.17) is 9.03 Å². The number of hydrogen-bond acceptors (Lipinski definition) is 5. The summed E-state index contributed by atoms with van der Waals surface area (Å²) >= 11 is 0. The molecule has 1 aliphatic heterocycles. The number of fused-ring (bicyclic) bond motifs is 1. The highest BCUT2D eigenvalue weighted by atomic mass is 35.7. The average molecular weight is 323 g/mol. The quantitative estimate of drug-likeness (QED) is 0.799. The Morgan fingerprint density at radius 1 is 1.05 bits per heavy atom. The lowest BCUT2D eigenvalue weighted by Gasteiger charge is -2.36. The highest BCUT2D eigenvalue weighted by Crippen LogP contribution is 2.42. The van der Waals surface area contributed by atoms with Crippen LogP contribution < -0.4 is 14.0 Å². The van der Waals surface area contributed by atoms with Crippen molar-refractivity contribution < 1.29 is 33.2 Å². The molecule has 116 valence electrons. The molecule has 3 rings (SSSR count). The van der Waals surface area contributed by atoms with Crippen molar-refractivity contribution in [2.24, 2.45) is 0 Å². The van der Waals surface area contributed by atoms with Crippen LogP contribution in [-0.4, -0.2) is 0 Å². The third-order valence-corrected chi connectivity index (χ3v) is 4.18. The summed E-state index contributed by atoms with van der Waals surface area (Å²) in [5.74, 6) is -1.64.